The quantitative estimate of drug-likeness (QED) is 0.881. The van der Waals surface area contributed by atoms with Crippen LogP contribution in [0.5, 0.6) is 0 Å². The Morgan fingerprint density at radius 3 is 2.50 bits per heavy atom. The Labute approximate surface area is 101 Å². The number of rotatable bonds is 4. The van der Waals surface area contributed by atoms with Crippen molar-refractivity contribution in [1.29, 1.82) is 0 Å². The number of hydrogen-bond acceptors (Lipinski definition) is 2. The van der Waals surface area contributed by atoms with Gasteiger partial charge in [-0.3, -0.25) is 4.90 Å². The van der Waals surface area contributed by atoms with Gasteiger partial charge in [0.25, 0.3) is 0 Å². The van der Waals surface area contributed by atoms with Crippen LogP contribution in [0.1, 0.15) is 18.9 Å². The smallest absolute Gasteiger partial charge is 0.328 e. The van der Waals surface area contributed by atoms with E-state index in [1.165, 1.54) is 0 Å². The molecule has 0 radical (unpaired) electrons. The van der Waals surface area contributed by atoms with Gasteiger partial charge in [0.2, 0.25) is 0 Å². The van der Waals surface area contributed by atoms with Crippen molar-refractivity contribution in [2.24, 2.45) is 0 Å². The van der Waals surface area contributed by atoms with E-state index < -0.39 is 11.5 Å². The van der Waals surface area contributed by atoms with Crippen LogP contribution in [-0.2, 0) is 10.3 Å². The molecule has 0 aliphatic carbocycles. The molecule has 0 saturated carbocycles. The second kappa shape index (κ2) is 4.85. The zero-order valence-corrected chi connectivity index (χ0v) is 10.5. The molecule has 1 rings (SSSR count). The van der Waals surface area contributed by atoms with Crippen molar-refractivity contribution >= 4 is 17.6 Å². The summed E-state index contributed by atoms with van der Waals surface area (Å²) in [6.45, 7) is 1.86. The van der Waals surface area contributed by atoms with E-state index in [9.17, 15) is 9.90 Å². The van der Waals surface area contributed by atoms with Crippen LogP contribution in [0.2, 0.25) is 5.02 Å². The predicted molar refractivity (Wildman–Crippen MR) is 64.7 cm³/mol. The molecule has 0 fully saturated rings. The van der Waals surface area contributed by atoms with Crippen LogP contribution in [0.25, 0.3) is 0 Å². The molecule has 1 aromatic carbocycles. The van der Waals surface area contributed by atoms with Crippen molar-refractivity contribution in [2.45, 2.75) is 18.9 Å². The molecule has 88 valence electrons. The topological polar surface area (TPSA) is 40.5 Å². The van der Waals surface area contributed by atoms with Crippen molar-refractivity contribution < 1.29 is 9.90 Å². The fourth-order valence-electron chi connectivity index (χ4n) is 1.99. The van der Waals surface area contributed by atoms with Gasteiger partial charge in [-0.2, -0.15) is 0 Å². The molecule has 0 aliphatic heterocycles. The van der Waals surface area contributed by atoms with E-state index in [1.807, 2.05) is 6.92 Å². The fourth-order valence-corrected chi connectivity index (χ4v) is 2.18. The van der Waals surface area contributed by atoms with E-state index in [1.54, 1.807) is 43.3 Å². The lowest BCUT2D eigenvalue weighted by Gasteiger charge is -2.35. The first kappa shape index (κ1) is 13.0. The van der Waals surface area contributed by atoms with Gasteiger partial charge < -0.3 is 5.11 Å². The average molecular weight is 242 g/mol. The molecule has 1 unspecified atom stereocenters. The Morgan fingerprint density at radius 2 is 2.12 bits per heavy atom. The summed E-state index contributed by atoms with van der Waals surface area (Å²) in [6.07, 6.45) is 0.482. The fraction of sp³-hybridized carbons (Fsp3) is 0.417. The average Bonchev–Trinajstić information content (AvgIpc) is 2.18. The highest BCUT2D eigenvalue weighted by Gasteiger charge is 2.41. The summed E-state index contributed by atoms with van der Waals surface area (Å²) in [5.74, 6) is -0.859. The maximum absolute atomic E-state index is 11.5. The Morgan fingerprint density at radius 1 is 1.50 bits per heavy atom. The molecule has 3 nitrogen and oxygen atoms in total. The van der Waals surface area contributed by atoms with Gasteiger partial charge in [-0.15, -0.1) is 0 Å². The van der Waals surface area contributed by atoms with Crippen LogP contribution >= 0.6 is 11.6 Å². The van der Waals surface area contributed by atoms with Gasteiger partial charge in [0.05, 0.1) is 0 Å². The molecular formula is C12H16ClNO2. The number of benzene rings is 1. The summed E-state index contributed by atoms with van der Waals surface area (Å²) >= 11 is 5.91. The standard InChI is InChI=1S/C12H16ClNO2/c1-4-12(11(15)16,14(2)3)9-6-5-7-10(13)8-9/h5-8H,4H2,1-3H3,(H,15,16). The molecule has 16 heavy (non-hydrogen) atoms. The van der Waals surface area contributed by atoms with Gasteiger partial charge in [-0.25, -0.2) is 4.79 Å². The Kier molecular flexibility index (Phi) is 3.94. The van der Waals surface area contributed by atoms with E-state index in [4.69, 9.17) is 11.6 Å². The van der Waals surface area contributed by atoms with Crippen LogP contribution < -0.4 is 0 Å². The van der Waals surface area contributed by atoms with Crippen molar-refractivity contribution in [2.75, 3.05) is 14.1 Å². The molecule has 1 aromatic rings. The van der Waals surface area contributed by atoms with E-state index in [0.29, 0.717) is 17.0 Å². The number of nitrogens with zero attached hydrogens (tertiary/aromatic N) is 1. The van der Waals surface area contributed by atoms with Gasteiger partial charge >= 0.3 is 5.97 Å². The minimum atomic E-state index is -1.01. The summed E-state index contributed by atoms with van der Waals surface area (Å²) in [5, 5.41) is 10.0. The van der Waals surface area contributed by atoms with Gasteiger partial charge in [0.15, 0.2) is 0 Å². The number of likely N-dealkylation sites (N-methyl/N-ethyl adjacent to an activating group) is 1. The second-order valence-electron chi connectivity index (χ2n) is 3.92. The molecule has 1 atom stereocenters. The van der Waals surface area contributed by atoms with E-state index in [-0.39, 0.29) is 0 Å². The summed E-state index contributed by atoms with van der Waals surface area (Å²) in [4.78, 5) is 13.2. The Hall–Kier alpha value is -1.06. The lowest BCUT2D eigenvalue weighted by Crippen LogP contribution is -2.47. The van der Waals surface area contributed by atoms with Crippen LogP contribution in [-0.4, -0.2) is 30.1 Å². The number of carboxylic acid groups (broad SMARTS) is 1. The molecule has 0 saturated heterocycles. The zero-order chi connectivity index (χ0) is 12.3. The first-order valence-corrected chi connectivity index (χ1v) is 5.49. The second-order valence-corrected chi connectivity index (χ2v) is 4.36. The molecule has 0 aliphatic rings. The van der Waals surface area contributed by atoms with Crippen LogP contribution in [0, 0.1) is 0 Å². The minimum Gasteiger partial charge on any atom is -0.480 e. The number of carbonyl (C=O) groups is 1. The van der Waals surface area contributed by atoms with Gasteiger partial charge in [0, 0.05) is 5.02 Å². The third-order valence-electron chi connectivity index (χ3n) is 2.93. The number of halogens is 1. The normalized spacial score (nSPS) is 14.8. The molecule has 0 amide bonds. The van der Waals surface area contributed by atoms with Crippen molar-refractivity contribution in [3.8, 4) is 0 Å². The molecule has 0 bridgehead atoms. The zero-order valence-electron chi connectivity index (χ0n) is 9.70. The van der Waals surface area contributed by atoms with Crippen LogP contribution in [0.15, 0.2) is 24.3 Å². The molecular weight excluding hydrogens is 226 g/mol. The number of hydrogen-bond donors (Lipinski definition) is 1. The number of carboxylic acids is 1. The highest BCUT2D eigenvalue weighted by Crippen LogP contribution is 2.32. The summed E-state index contributed by atoms with van der Waals surface area (Å²) in [6, 6.07) is 7.01. The van der Waals surface area contributed by atoms with E-state index in [0.717, 1.165) is 0 Å². The lowest BCUT2D eigenvalue weighted by atomic mass is 9.86. The molecule has 0 spiro atoms. The minimum absolute atomic E-state index is 0.482. The molecule has 0 aromatic heterocycles. The van der Waals surface area contributed by atoms with Gasteiger partial charge in [0.1, 0.15) is 5.54 Å². The van der Waals surface area contributed by atoms with Crippen LogP contribution in [0.4, 0.5) is 0 Å². The first-order chi connectivity index (χ1) is 7.45. The molecule has 1 N–H and O–H groups in total. The lowest BCUT2D eigenvalue weighted by molar-refractivity contribution is -0.151. The van der Waals surface area contributed by atoms with Crippen molar-refractivity contribution in [3.05, 3.63) is 34.9 Å². The maximum Gasteiger partial charge on any atom is 0.328 e. The summed E-state index contributed by atoms with van der Waals surface area (Å²) < 4.78 is 0. The summed E-state index contributed by atoms with van der Waals surface area (Å²) in [5.41, 5.74) is -0.301. The van der Waals surface area contributed by atoms with E-state index >= 15 is 0 Å². The SMILES string of the molecule is CCC(C(=O)O)(c1cccc(Cl)c1)N(C)C. The third-order valence-corrected chi connectivity index (χ3v) is 3.17. The molecule has 0 heterocycles. The van der Waals surface area contributed by atoms with Gasteiger partial charge in [-0.1, -0.05) is 30.7 Å². The predicted octanol–water partition coefficient (Wildman–Crippen LogP) is 2.59. The first-order valence-electron chi connectivity index (χ1n) is 5.12. The molecule has 4 heteroatoms. The van der Waals surface area contributed by atoms with Gasteiger partial charge in [-0.05, 0) is 38.2 Å². The summed E-state index contributed by atoms with van der Waals surface area (Å²) in [7, 11) is 3.52. The maximum atomic E-state index is 11.5. The number of aliphatic carboxylic acids is 1. The largest absolute Gasteiger partial charge is 0.480 e. The highest BCUT2D eigenvalue weighted by molar-refractivity contribution is 6.30. The third kappa shape index (κ3) is 2.06. The highest BCUT2D eigenvalue weighted by atomic mass is 35.5. The Balaban J connectivity index is 3.36. The van der Waals surface area contributed by atoms with Crippen molar-refractivity contribution in [3.63, 3.8) is 0 Å². The van der Waals surface area contributed by atoms with E-state index in [2.05, 4.69) is 0 Å². The van der Waals surface area contributed by atoms with Crippen molar-refractivity contribution in [1.82, 2.24) is 4.90 Å². The Bertz CT molecular complexity index is 392. The monoisotopic (exact) mass is 241 g/mol. The van der Waals surface area contributed by atoms with Crippen LogP contribution in [0.3, 0.4) is 0 Å².